The van der Waals surface area contributed by atoms with E-state index >= 15 is 0 Å². The first-order valence-electron chi connectivity index (χ1n) is 8.82. The van der Waals surface area contributed by atoms with E-state index in [0.717, 1.165) is 55.5 Å². The van der Waals surface area contributed by atoms with Gasteiger partial charge in [-0.15, -0.1) is 5.92 Å². The van der Waals surface area contributed by atoms with Gasteiger partial charge in [-0.1, -0.05) is 32.4 Å². The van der Waals surface area contributed by atoms with Gasteiger partial charge in [0.1, 0.15) is 6.04 Å². The number of hydrogen-bond donors (Lipinski definition) is 1. The van der Waals surface area contributed by atoms with Gasteiger partial charge in [-0.2, -0.15) is 5.26 Å². The lowest BCUT2D eigenvalue weighted by molar-refractivity contribution is -0.123. The third-order valence-electron chi connectivity index (χ3n) is 4.97. The standard InChI is InChI=1S/C21H27N3O/c1-5-9-16-17(15(6-2)14-22)12-21(3,4)13-19(16)24-11-8-7-10-18(24)20(23)25/h6,18H,2,7-8,10-13H2,1,3-4H3,(H2,23,25)/b17-15-. The van der Waals surface area contributed by atoms with Crippen molar-refractivity contribution >= 4 is 5.91 Å². The molecule has 1 saturated heterocycles. The number of piperidine rings is 1. The normalized spacial score (nSPS) is 24.7. The summed E-state index contributed by atoms with van der Waals surface area (Å²) in [6.07, 6.45) is 6.01. The van der Waals surface area contributed by atoms with Crippen LogP contribution in [0.2, 0.25) is 0 Å². The smallest absolute Gasteiger partial charge is 0.240 e. The number of carbonyl (C=O) groups excluding carboxylic acids is 1. The van der Waals surface area contributed by atoms with Gasteiger partial charge >= 0.3 is 0 Å². The Morgan fingerprint density at radius 3 is 2.68 bits per heavy atom. The van der Waals surface area contributed by atoms with Crippen LogP contribution in [0, 0.1) is 28.6 Å². The lowest BCUT2D eigenvalue weighted by Crippen LogP contribution is -2.48. The first kappa shape index (κ1) is 18.9. The second-order valence-corrected chi connectivity index (χ2v) is 7.53. The summed E-state index contributed by atoms with van der Waals surface area (Å²) in [5, 5.41) is 9.53. The van der Waals surface area contributed by atoms with Crippen molar-refractivity contribution in [2.45, 2.75) is 58.9 Å². The Kier molecular flexibility index (Phi) is 5.75. The van der Waals surface area contributed by atoms with E-state index in [9.17, 15) is 10.1 Å². The zero-order valence-corrected chi connectivity index (χ0v) is 15.5. The van der Waals surface area contributed by atoms with Crippen molar-refractivity contribution in [3.05, 3.63) is 35.1 Å². The topological polar surface area (TPSA) is 70.1 Å². The molecule has 2 rings (SSSR count). The summed E-state index contributed by atoms with van der Waals surface area (Å²) in [7, 11) is 0. The SMILES string of the molecule is C=C/C(C#N)=C1\CC(C)(C)CC(N2CCCCC2C(N)=O)=C1C#CC. The maximum Gasteiger partial charge on any atom is 0.240 e. The molecule has 0 radical (unpaired) electrons. The Morgan fingerprint density at radius 2 is 2.12 bits per heavy atom. The lowest BCUT2D eigenvalue weighted by atomic mass is 9.72. The van der Waals surface area contributed by atoms with Crippen molar-refractivity contribution < 1.29 is 4.79 Å². The highest BCUT2D eigenvalue weighted by molar-refractivity contribution is 5.80. The first-order valence-corrected chi connectivity index (χ1v) is 8.82. The molecular formula is C21H27N3O. The molecule has 0 aromatic carbocycles. The number of amides is 1. The van der Waals surface area contributed by atoms with Crippen LogP contribution in [0.4, 0.5) is 0 Å². The maximum atomic E-state index is 12.0. The number of likely N-dealkylation sites (tertiary alicyclic amines) is 1. The highest BCUT2D eigenvalue weighted by atomic mass is 16.1. The summed E-state index contributed by atoms with van der Waals surface area (Å²) in [6, 6.07) is 1.96. The largest absolute Gasteiger partial charge is 0.368 e. The summed E-state index contributed by atoms with van der Waals surface area (Å²) in [5.74, 6) is 5.91. The van der Waals surface area contributed by atoms with Gasteiger partial charge in [-0.3, -0.25) is 4.79 Å². The monoisotopic (exact) mass is 337 g/mol. The predicted molar refractivity (Wildman–Crippen MR) is 99.9 cm³/mol. The van der Waals surface area contributed by atoms with Crippen LogP contribution in [0.3, 0.4) is 0 Å². The molecule has 2 N–H and O–H groups in total. The molecule has 0 bridgehead atoms. The van der Waals surface area contributed by atoms with E-state index in [1.54, 1.807) is 13.0 Å². The first-order chi connectivity index (χ1) is 11.8. The fourth-order valence-corrected chi connectivity index (χ4v) is 3.88. The van der Waals surface area contributed by atoms with Crippen LogP contribution in [0.1, 0.15) is 52.9 Å². The maximum absolute atomic E-state index is 12.0. The van der Waals surface area contributed by atoms with Gasteiger partial charge in [-0.25, -0.2) is 0 Å². The van der Waals surface area contributed by atoms with Crippen molar-refractivity contribution in [2.75, 3.05) is 6.54 Å². The van der Waals surface area contributed by atoms with Crippen LogP contribution in [0.5, 0.6) is 0 Å². The molecule has 4 heteroatoms. The number of rotatable bonds is 3. The van der Waals surface area contributed by atoms with E-state index in [1.165, 1.54) is 0 Å². The number of nitrogens with zero attached hydrogens (tertiary/aromatic N) is 2. The van der Waals surface area contributed by atoms with E-state index in [-0.39, 0.29) is 17.4 Å². The zero-order valence-electron chi connectivity index (χ0n) is 15.5. The van der Waals surface area contributed by atoms with Crippen molar-refractivity contribution in [3.8, 4) is 17.9 Å². The molecule has 1 aliphatic carbocycles. The summed E-state index contributed by atoms with van der Waals surface area (Å²) in [6.45, 7) is 10.8. The number of hydrogen-bond acceptors (Lipinski definition) is 3. The summed E-state index contributed by atoms with van der Waals surface area (Å²) >= 11 is 0. The molecule has 2 aliphatic rings. The summed E-state index contributed by atoms with van der Waals surface area (Å²) in [4.78, 5) is 14.1. The Labute approximate surface area is 151 Å². The fraction of sp³-hybridized carbons (Fsp3) is 0.524. The number of primary amides is 1. The third kappa shape index (κ3) is 3.97. The molecule has 0 aromatic heterocycles. The van der Waals surface area contributed by atoms with Gasteiger partial charge < -0.3 is 10.6 Å². The Hall–Kier alpha value is -2.46. The molecule has 132 valence electrons. The molecule has 0 saturated carbocycles. The van der Waals surface area contributed by atoms with E-state index in [0.29, 0.717) is 5.57 Å². The summed E-state index contributed by atoms with van der Waals surface area (Å²) in [5.41, 5.74) is 9.10. The second-order valence-electron chi connectivity index (χ2n) is 7.53. The predicted octanol–water partition coefficient (Wildman–Crippen LogP) is 3.43. The van der Waals surface area contributed by atoms with Gasteiger partial charge in [0.05, 0.1) is 11.6 Å². The van der Waals surface area contributed by atoms with Crippen molar-refractivity contribution in [3.63, 3.8) is 0 Å². The molecule has 1 fully saturated rings. The lowest BCUT2D eigenvalue weighted by Gasteiger charge is -2.43. The van der Waals surface area contributed by atoms with Crippen LogP contribution >= 0.6 is 0 Å². The molecule has 1 amide bonds. The van der Waals surface area contributed by atoms with Crippen LogP contribution < -0.4 is 5.73 Å². The minimum Gasteiger partial charge on any atom is -0.368 e. The van der Waals surface area contributed by atoms with Gasteiger partial charge in [0.2, 0.25) is 5.91 Å². The molecule has 1 heterocycles. The van der Waals surface area contributed by atoms with Crippen molar-refractivity contribution in [1.29, 1.82) is 5.26 Å². The van der Waals surface area contributed by atoms with Gasteiger partial charge in [-0.05, 0) is 50.0 Å². The molecule has 1 aliphatic heterocycles. The van der Waals surface area contributed by atoms with Gasteiger partial charge in [0.25, 0.3) is 0 Å². The number of nitrogens with two attached hydrogens (primary N) is 1. The molecule has 1 atom stereocenters. The summed E-state index contributed by atoms with van der Waals surface area (Å²) < 4.78 is 0. The average molecular weight is 337 g/mol. The molecule has 1 unspecified atom stereocenters. The molecule has 0 aromatic rings. The average Bonchev–Trinajstić information content (AvgIpc) is 2.57. The Morgan fingerprint density at radius 1 is 1.40 bits per heavy atom. The molecule has 4 nitrogen and oxygen atoms in total. The minimum atomic E-state index is -0.290. The van der Waals surface area contributed by atoms with Crippen LogP contribution in [0.15, 0.2) is 35.1 Å². The third-order valence-corrected chi connectivity index (χ3v) is 4.97. The highest BCUT2D eigenvalue weighted by Gasteiger charge is 2.37. The van der Waals surface area contributed by atoms with E-state index < -0.39 is 0 Å². The molecule has 0 spiro atoms. The highest BCUT2D eigenvalue weighted by Crippen LogP contribution is 2.45. The van der Waals surface area contributed by atoms with Gasteiger partial charge in [0.15, 0.2) is 0 Å². The van der Waals surface area contributed by atoms with E-state index in [2.05, 4.69) is 43.2 Å². The van der Waals surface area contributed by atoms with Crippen LogP contribution in [-0.2, 0) is 4.79 Å². The zero-order chi connectivity index (χ0) is 18.6. The quantitative estimate of drug-likeness (QED) is 0.633. The van der Waals surface area contributed by atoms with E-state index in [4.69, 9.17) is 5.73 Å². The van der Waals surface area contributed by atoms with Gasteiger partial charge in [0, 0.05) is 17.8 Å². The number of carbonyl (C=O) groups is 1. The van der Waals surface area contributed by atoms with Crippen molar-refractivity contribution in [1.82, 2.24) is 4.90 Å². The number of nitriles is 1. The minimum absolute atomic E-state index is 0.0195. The van der Waals surface area contributed by atoms with Crippen LogP contribution in [-0.4, -0.2) is 23.4 Å². The molecule has 25 heavy (non-hydrogen) atoms. The van der Waals surface area contributed by atoms with E-state index in [1.807, 2.05) is 0 Å². The molecular weight excluding hydrogens is 310 g/mol. The fourth-order valence-electron chi connectivity index (χ4n) is 3.88. The second kappa shape index (κ2) is 7.62. The Bertz CT molecular complexity index is 737. The van der Waals surface area contributed by atoms with Crippen molar-refractivity contribution in [2.24, 2.45) is 11.1 Å². The Balaban J connectivity index is 2.70. The van der Waals surface area contributed by atoms with Crippen LogP contribution in [0.25, 0.3) is 0 Å². The number of allylic oxidation sites excluding steroid dienone is 5.